The highest BCUT2D eigenvalue weighted by Gasteiger charge is 2.28. The van der Waals surface area contributed by atoms with Gasteiger partial charge in [0.2, 0.25) is 5.91 Å². The number of aromatic nitrogens is 3. The van der Waals surface area contributed by atoms with Gasteiger partial charge in [-0.1, -0.05) is 32.0 Å². The monoisotopic (exact) mass is 506 g/mol. The van der Waals surface area contributed by atoms with Crippen LogP contribution >= 0.6 is 11.3 Å². The number of hydrogen-bond donors (Lipinski definition) is 2. The third-order valence-corrected chi connectivity index (χ3v) is 7.21. The molecule has 8 nitrogen and oxygen atoms in total. The third kappa shape index (κ3) is 5.26. The molecule has 4 rings (SSSR count). The number of hydrogen-bond acceptors (Lipinski definition) is 5. The molecule has 0 aliphatic carbocycles. The number of carbonyl (C=O) groups is 2. The molecule has 0 aliphatic heterocycles. The van der Waals surface area contributed by atoms with E-state index in [0.717, 1.165) is 27.1 Å². The summed E-state index contributed by atoms with van der Waals surface area (Å²) >= 11 is 1.52. The van der Waals surface area contributed by atoms with Crippen LogP contribution in [0.4, 0.5) is 0 Å². The number of fused-ring (bicyclic) bond motifs is 1. The lowest BCUT2D eigenvalue weighted by Crippen LogP contribution is -2.41. The second kappa shape index (κ2) is 10.5. The maximum absolute atomic E-state index is 13.5. The first-order valence-corrected chi connectivity index (χ1v) is 12.7. The summed E-state index contributed by atoms with van der Waals surface area (Å²) < 4.78 is 2.81. The Bertz CT molecular complexity index is 1450. The van der Waals surface area contributed by atoms with Gasteiger partial charge in [-0.05, 0) is 72.0 Å². The molecule has 0 bridgehead atoms. The number of carbonyl (C=O) groups excluding carboxylic acids is 1. The summed E-state index contributed by atoms with van der Waals surface area (Å²) in [6, 6.07) is 9.85. The molecule has 9 heteroatoms. The van der Waals surface area contributed by atoms with Crippen molar-refractivity contribution in [2.45, 2.75) is 52.6 Å². The zero-order chi connectivity index (χ0) is 26.0. The maximum Gasteiger partial charge on any atom is 0.305 e. The van der Waals surface area contributed by atoms with Crippen molar-refractivity contribution in [2.24, 2.45) is 5.92 Å². The van der Waals surface area contributed by atoms with E-state index >= 15 is 0 Å². The van der Waals surface area contributed by atoms with Gasteiger partial charge in [0.05, 0.1) is 12.5 Å². The Morgan fingerprint density at radius 1 is 1.14 bits per heavy atom. The predicted octanol–water partition coefficient (Wildman–Crippen LogP) is 4.76. The normalized spacial score (nSPS) is 13.1. The van der Waals surface area contributed by atoms with Crippen LogP contribution < -0.4 is 10.9 Å². The molecule has 1 aromatic carbocycles. The molecule has 3 heterocycles. The molecule has 4 aromatic rings. The van der Waals surface area contributed by atoms with Gasteiger partial charge in [0.25, 0.3) is 5.56 Å². The smallest absolute Gasteiger partial charge is 0.305 e. The topological polar surface area (TPSA) is 106 Å². The summed E-state index contributed by atoms with van der Waals surface area (Å²) in [6.45, 7) is 8.01. The van der Waals surface area contributed by atoms with Gasteiger partial charge in [0, 0.05) is 11.1 Å². The van der Waals surface area contributed by atoms with Crippen LogP contribution in [0, 0.1) is 19.8 Å². The Labute approximate surface area is 213 Å². The van der Waals surface area contributed by atoms with Gasteiger partial charge in [-0.15, -0.1) is 11.3 Å². The van der Waals surface area contributed by atoms with Crippen LogP contribution in [0.2, 0.25) is 0 Å². The van der Waals surface area contributed by atoms with Gasteiger partial charge in [-0.25, -0.2) is 4.68 Å². The Morgan fingerprint density at radius 3 is 2.53 bits per heavy atom. The lowest BCUT2D eigenvalue weighted by molar-refractivity contribution is -0.138. The van der Waals surface area contributed by atoms with Gasteiger partial charge in [-0.3, -0.25) is 14.4 Å². The highest BCUT2D eigenvalue weighted by Crippen LogP contribution is 2.35. The first-order chi connectivity index (χ1) is 17.2. The van der Waals surface area contributed by atoms with Crippen molar-refractivity contribution in [1.29, 1.82) is 0 Å². The summed E-state index contributed by atoms with van der Waals surface area (Å²) in [6.07, 6.45) is 3.33. The summed E-state index contributed by atoms with van der Waals surface area (Å²) in [4.78, 5) is 39.4. The van der Waals surface area contributed by atoms with Crippen molar-refractivity contribution in [3.05, 3.63) is 81.3 Å². The quantitative estimate of drug-likeness (QED) is 0.340. The van der Waals surface area contributed by atoms with E-state index in [0.29, 0.717) is 11.9 Å². The summed E-state index contributed by atoms with van der Waals surface area (Å²) in [5.41, 5.74) is 4.15. The zero-order valence-electron chi connectivity index (χ0n) is 20.8. The Morgan fingerprint density at radius 2 is 1.86 bits per heavy atom. The molecule has 0 saturated carbocycles. The molecule has 188 valence electrons. The van der Waals surface area contributed by atoms with E-state index in [9.17, 15) is 19.5 Å². The fourth-order valence-electron chi connectivity index (χ4n) is 4.51. The summed E-state index contributed by atoms with van der Waals surface area (Å²) in [5.74, 6) is -1.35. The number of carboxylic acids is 1. The lowest BCUT2D eigenvalue weighted by Gasteiger charge is -2.23. The summed E-state index contributed by atoms with van der Waals surface area (Å²) in [7, 11) is 0. The minimum Gasteiger partial charge on any atom is -0.481 e. The minimum absolute atomic E-state index is 0.104. The van der Waals surface area contributed by atoms with Crippen molar-refractivity contribution in [3.63, 3.8) is 0 Å². The van der Waals surface area contributed by atoms with E-state index in [1.165, 1.54) is 22.3 Å². The third-order valence-electron chi connectivity index (χ3n) is 6.24. The predicted molar refractivity (Wildman–Crippen MR) is 140 cm³/mol. The Hall–Kier alpha value is -3.72. The highest BCUT2D eigenvalue weighted by molar-refractivity contribution is 7.13. The molecule has 2 atom stereocenters. The minimum atomic E-state index is -1.02. The van der Waals surface area contributed by atoms with E-state index in [2.05, 4.69) is 10.4 Å². The molecule has 0 saturated heterocycles. The number of benzene rings is 1. The van der Waals surface area contributed by atoms with E-state index in [1.807, 2.05) is 57.3 Å². The Balaban J connectivity index is 1.67. The van der Waals surface area contributed by atoms with Gasteiger partial charge in [-0.2, -0.15) is 5.10 Å². The molecule has 0 fully saturated rings. The molecule has 3 aromatic heterocycles. The van der Waals surface area contributed by atoms with Crippen molar-refractivity contribution in [1.82, 2.24) is 19.5 Å². The van der Waals surface area contributed by atoms with Crippen LogP contribution in [0.15, 0.2) is 59.1 Å². The number of aryl methyl sites for hydroxylation is 2. The number of aliphatic carboxylic acids is 1. The molecule has 36 heavy (non-hydrogen) atoms. The zero-order valence-corrected chi connectivity index (χ0v) is 21.6. The van der Waals surface area contributed by atoms with Crippen LogP contribution in [-0.4, -0.2) is 31.2 Å². The average Bonchev–Trinajstić information content (AvgIpc) is 3.47. The van der Waals surface area contributed by atoms with Gasteiger partial charge in [0.15, 0.2) is 0 Å². The molecule has 0 aliphatic rings. The molecule has 2 N–H and O–H groups in total. The highest BCUT2D eigenvalue weighted by atomic mass is 32.1. The van der Waals surface area contributed by atoms with Gasteiger partial charge < -0.3 is 14.8 Å². The number of carboxylic acid groups (broad SMARTS) is 1. The summed E-state index contributed by atoms with van der Waals surface area (Å²) in [5, 5.41) is 18.6. The van der Waals surface area contributed by atoms with Crippen LogP contribution in [0.25, 0.3) is 16.0 Å². The lowest BCUT2D eigenvalue weighted by atomic mass is 9.99. The van der Waals surface area contributed by atoms with Crippen LogP contribution in [0.5, 0.6) is 0 Å². The largest absolute Gasteiger partial charge is 0.481 e. The molecular formula is C27H30N4O4S. The first kappa shape index (κ1) is 25.4. The van der Waals surface area contributed by atoms with Crippen molar-refractivity contribution >= 4 is 28.7 Å². The molecule has 1 amide bonds. The van der Waals surface area contributed by atoms with E-state index in [1.54, 1.807) is 22.7 Å². The molecule has 0 unspecified atom stereocenters. The van der Waals surface area contributed by atoms with Crippen LogP contribution in [0.3, 0.4) is 0 Å². The number of nitrogens with one attached hydrogen (secondary N) is 1. The SMILES string of the molecule is Cc1cccc(C)c1-c1cc([C@@H](CC(=O)O)NC(=O)[C@@H](CC(C)C)n2ncn3cccc3c2=O)cs1. The molecular weight excluding hydrogens is 476 g/mol. The fourth-order valence-corrected chi connectivity index (χ4v) is 5.65. The van der Waals surface area contributed by atoms with Crippen molar-refractivity contribution < 1.29 is 14.7 Å². The first-order valence-electron chi connectivity index (χ1n) is 11.9. The number of nitrogens with zero attached hydrogens (tertiary/aromatic N) is 3. The number of rotatable bonds is 9. The fraction of sp³-hybridized carbons (Fsp3) is 0.333. The van der Waals surface area contributed by atoms with Crippen molar-refractivity contribution in [2.75, 3.05) is 0 Å². The van der Waals surface area contributed by atoms with Gasteiger partial charge >= 0.3 is 5.97 Å². The molecule has 0 radical (unpaired) electrons. The van der Waals surface area contributed by atoms with E-state index in [4.69, 9.17) is 0 Å². The Kier molecular flexibility index (Phi) is 7.40. The van der Waals surface area contributed by atoms with Crippen molar-refractivity contribution in [3.8, 4) is 10.4 Å². The average molecular weight is 507 g/mol. The maximum atomic E-state index is 13.5. The second-order valence-corrected chi connectivity index (χ2v) is 10.4. The van der Waals surface area contributed by atoms with E-state index in [-0.39, 0.29) is 17.9 Å². The van der Waals surface area contributed by atoms with Crippen LogP contribution in [-0.2, 0) is 9.59 Å². The molecule has 0 spiro atoms. The van der Waals surface area contributed by atoms with Crippen LogP contribution in [0.1, 0.15) is 55.5 Å². The second-order valence-electron chi connectivity index (χ2n) is 9.50. The number of thiophene rings is 1. The number of amides is 1. The standard InChI is InChI=1S/C27H30N4O4S/c1-16(2)11-22(31-27(35)21-9-6-10-30(21)15-28-31)26(34)29-20(13-24(32)33)19-12-23(36-14-19)25-17(3)7-5-8-18(25)4/h5-10,12,14-16,20,22H,11,13H2,1-4H3,(H,29,34)(H,32,33)/t20-,22-/m1/s1. The van der Waals surface area contributed by atoms with E-state index < -0.39 is 24.0 Å². The van der Waals surface area contributed by atoms with Gasteiger partial charge in [0.1, 0.15) is 17.9 Å².